The van der Waals surface area contributed by atoms with Gasteiger partial charge < -0.3 is 15.0 Å². The fourth-order valence-electron chi connectivity index (χ4n) is 9.03. The molecule has 0 unspecified atom stereocenters. The van der Waals surface area contributed by atoms with Crippen LogP contribution in [0.2, 0.25) is 0 Å². The van der Waals surface area contributed by atoms with Crippen molar-refractivity contribution in [2.24, 2.45) is 40.4 Å². The second kappa shape index (κ2) is 9.68. The van der Waals surface area contributed by atoms with Gasteiger partial charge in [0.15, 0.2) is 0 Å². The molecule has 35 heavy (non-hydrogen) atoms. The normalized spacial score (nSPS) is 41.1. The molecule has 1 amide bonds. The first kappa shape index (κ1) is 26.4. The molecule has 9 atom stereocenters. The van der Waals surface area contributed by atoms with E-state index >= 15 is 0 Å². The van der Waals surface area contributed by atoms with Crippen LogP contribution in [0.1, 0.15) is 86.5 Å². The summed E-state index contributed by atoms with van der Waals surface area (Å²) in [5.41, 5.74) is 2.26. The third-order valence-corrected chi connectivity index (χ3v) is 10.8. The first-order chi connectivity index (χ1) is 16.4. The van der Waals surface area contributed by atoms with Crippen molar-refractivity contribution in [2.75, 3.05) is 14.1 Å². The lowest BCUT2D eigenvalue weighted by atomic mass is 9.44. The summed E-state index contributed by atoms with van der Waals surface area (Å²) in [6.07, 6.45) is 11.9. The minimum absolute atomic E-state index is 0.0976. The Morgan fingerprint density at radius 3 is 2.31 bits per heavy atom. The molecule has 0 bridgehead atoms. The average Bonchev–Trinajstić information content (AvgIpc) is 3.11. The minimum atomic E-state index is -0.361. The van der Waals surface area contributed by atoms with Crippen LogP contribution in [0.4, 0.5) is 0 Å². The third kappa shape index (κ3) is 4.63. The van der Waals surface area contributed by atoms with Crippen LogP contribution in [0.15, 0.2) is 23.4 Å². The highest BCUT2D eigenvalue weighted by Gasteiger charge is 2.62. The van der Waals surface area contributed by atoms with Gasteiger partial charge in [0, 0.05) is 25.0 Å². The molecule has 4 aliphatic rings. The van der Waals surface area contributed by atoms with Gasteiger partial charge in [0.05, 0.1) is 5.70 Å². The van der Waals surface area contributed by atoms with Gasteiger partial charge in [0.1, 0.15) is 6.10 Å². The van der Waals surface area contributed by atoms with E-state index < -0.39 is 0 Å². The van der Waals surface area contributed by atoms with Crippen LogP contribution in [-0.4, -0.2) is 43.0 Å². The molecule has 4 rings (SSSR count). The summed E-state index contributed by atoms with van der Waals surface area (Å²) in [6, 6.07) is 0.617. The van der Waals surface area contributed by atoms with Crippen molar-refractivity contribution < 1.29 is 14.3 Å². The number of allylic oxidation sites excluding steroid dienone is 2. The molecular weight excluding hydrogens is 436 g/mol. The van der Waals surface area contributed by atoms with E-state index in [9.17, 15) is 9.59 Å². The number of hydrogen-bond donors (Lipinski definition) is 1. The molecule has 196 valence electrons. The van der Waals surface area contributed by atoms with Crippen LogP contribution in [-0.2, 0) is 14.3 Å². The maximum absolute atomic E-state index is 12.5. The summed E-state index contributed by atoms with van der Waals surface area (Å²) >= 11 is 0. The van der Waals surface area contributed by atoms with Crippen molar-refractivity contribution in [1.82, 2.24) is 10.2 Å². The fraction of sp³-hybridized carbons (Fsp3) is 0.800. The molecule has 0 spiro atoms. The molecule has 3 saturated carbocycles. The number of carbonyl (C=O) groups is 2. The largest absolute Gasteiger partial charge is 0.456 e. The highest BCUT2D eigenvalue weighted by molar-refractivity contribution is 5.89. The first-order valence-corrected chi connectivity index (χ1v) is 13.9. The molecular formula is C30H48N2O3. The standard InChI is InChI=1S/C30H48N2O3/c1-18(2)17-27(34)31-26-14-16-30(6)24-13-15-29(5)22(19(3)32(7)8)11-12-23(29)21(24)9-10-25(30)28(26)35-20(4)33/h14,17,19,21-25,28H,9-13,15-16H2,1-8H3,(H,31,34)/t19-,21-,22+,23-,24-,25-,28+,29+,30+/m0/s1. The van der Waals surface area contributed by atoms with Crippen LogP contribution in [0.5, 0.6) is 0 Å². The van der Waals surface area contributed by atoms with E-state index in [2.05, 4.69) is 51.2 Å². The van der Waals surface area contributed by atoms with E-state index in [1.54, 1.807) is 6.08 Å². The van der Waals surface area contributed by atoms with Crippen LogP contribution in [0.25, 0.3) is 0 Å². The summed E-state index contributed by atoms with van der Waals surface area (Å²) in [7, 11) is 4.47. The molecule has 0 saturated heterocycles. The molecule has 0 aromatic heterocycles. The van der Waals surface area contributed by atoms with Crippen LogP contribution in [0, 0.1) is 40.4 Å². The molecule has 0 aromatic rings. The molecule has 3 fully saturated rings. The van der Waals surface area contributed by atoms with E-state index in [4.69, 9.17) is 4.74 Å². The van der Waals surface area contributed by atoms with Crippen LogP contribution < -0.4 is 5.32 Å². The highest BCUT2D eigenvalue weighted by atomic mass is 16.5. The van der Waals surface area contributed by atoms with Gasteiger partial charge in [-0.15, -0.1) is 0 Å². The Kier molecular flexibility index (Phi) is 7.32. The van der Waals surface area contributed by atoms with Crippen molar-refractivity contribution in [3.63, 3.8) is 0 Å². The summed E-state index contributed by atoms with van der Waals surface area (Å²) in [5, 5.41) is 3.06. The molecule has 0 heterocycles. The van der Waals surface area contributed by atoms with Gasteiger partial charge >= 0.3 is 5.97 Å². The van der Waals surface area contributed by atoms with Gasteiger partial charge in [-0.1, -0.05) is 25.5 Å². The zero-order valence-electron chi connectivity index (χ0n) is 23.3. The second-order valence-electron chi connectivity index (χ2n) is 13.1. The molecule has 0 aliphatic heterocycles. The molecule has 0 radical (unpaired) electrons. The number of amides is 1. The average molecular weight is 485 g/mol. The molecule has 5 nitrogen and oxygen atoms in total. The van der Waals surface area contributed by atoms with Crippen LogP contribution >= 0.6 is 0 Å². The molecule has 5 heteroatoms. The molecule has 0 aromatic carbocycles. The predicted molar refractivity (Wildman–Crippen MR) is 140 cm³/mol. The Bertz CT molecular complexity index is 903. The lowest BCUT2D eigenvalue weighted by molar-refractivity contribution is -0.162. The Morgan fingerprint density at radius 1 is 1.03 bits per heavy atom. The number of carbonyl (C=O) groups excluding carboxylic acids is 2. The zero-order chi connectivity index (χ0) is 25.7. The number of ether oxygens (including phenoxy) is 1. The SMILES string of the molecule is CC(=O)O[C@H]1C(NC(=O)C=C(C)C)=CC[C@]2(C)[C@H]3CC[C@]4(C)[C@@H]([C@H](C)N(C)C)CC[C@H]4[C@@H]3CC[C@@H]12. The topological polar surface area (TPSA) is 58.6 Å². The van der Waals surface area contributed by atoms with Crippen molar-refractivity contribution in [3.05, 3.63) is 23.4 Å². The Labute approximate surface area is 213 Å². The van der Waals surface area contributed by atoms with E-state index in [0.29, 0.717) is 17.4 Å². The number of nitrogens with zero attached hydrogens (tertiary/aromatic N) is 1. The van der Waals surface area contributed by atoms with Gasteiger partial charge in [0.25, 0.3) is 0 Å². The summed E-state index contributed by atoms with van der Waals surface area (Å²) in [5.74, 6) is 2.82. The Morgan fingerprint density at radius 2 is 1.69 bits per heavy atom. The van der Waals surface area contributed by atoms with Crippen molar-refractivity contribution in [3.8, 4) is 0 Å². The van der Waals surface area contributed by atoms with E-state index in [0.717, 1.165) is 41.9 Å². The number of esters is 1. The van der Waals surface area contributed by atoms with Gasteiger partial charge in [-0.3, -0.25) is 9.59 Å². The zero-order valence-corrected chi connectivity index (χ0v) is 23.3. The summed E-state index contributed by atoms with van der Waals surface area (Å²) < 4.78 is 5.96. The predicted octanol–water partition coefficient (Wildman–Crippen LogP) is 5.71. The monoisotopic (exact) mass is 484 g/mol. The summed E-state index contributed by atoms with van der Waals surface area (Å²) in [4.78, 5) is 27.1. The van der Waals surface area contributed by atoms with Crippen molar-refractivity contribution >= 4 is 11.9 Å². The lowest BCUT2D eigenvalue weighted by Crippen LogP contribution is -2.57. The van der Waals surface area contributed by atoms with Gasteiger partial charge in [-0.05, 0) is 114 Å². The maximum atomic E-state index is 12.5. The van der Waals surface area contributed by atoms with Crippen molar-refractivity contribution in [1.29, 1.82) is 0 Å². The Hall–Kier alpha value is -1.62. The van der Waals surface area contributed by atoms with Gasteiger partial charge in [-0.25, -0.2) is 0 Å². The van der Waals surface area contributed by atoms with Crippen molar-refractivity contribution in [2.45, 2.75) is 98.6 Å². The number of rotatable bonds is 5. The number of fused-ring (bicyclic) bond motifs is 5. The summed E-state index contributed by atoms with van der Waals surface area (Å²) in [6.45, 7) is 12.8. The second-order valence-corrected chi connectivity index (χ2v) is 13.1. The van der Waals surface area contributed by atoms with E-state index in [1.807, 2.05) is 13.8 Å². The smallest absolute Gasteiger partial charge is 0.303 e. The van der Waals surface area contributed by atoms with Gasteiger partial charge in [0.2, 0.25) is 5.91 Å². The number of nitrogens with one attached hydrogen (secondary N) is 1. The molecule has 4 aliphatic carbocycles. The lowest BCUT2D eigenvalue weighted by Gasteiger charge is -2.61. The number of hydrogen-bond acceptors (Lipinski definition) is 4. The third-order valence-electron chi connectivity index (χ3n) is 10.8. The maximum Gasteiger partial charge on any atom is 0.303 e. The van der Waals surface area contributed by atoms with Crippen LogP contribution in [0.3, 0.4) is 0 Å². The quantitative estimate of drug-likeness (QED) is 0.401. The van der Waals surface area contributed by atoms with E-state index in [1.165, 1.54) is 39.0 Å². The molecule has 1 N–H and O–H groups in total. The van der Waals surface area contributed by atoms with Gasteiger partial charge in [-0.2, -0.15) is 0 Å². The first-order valence-electron chi connectivity index (χ1n) is 13.9. The van der Waals surface area contributed by atoms with E-state index in [-0.39, 0.29) is 29.3 Å². The fourth-order valence-corrected chi connectivity index (χ4v) is 9.03. The highest BCUT2D eigenvalue weighted by Crippen LogP contribution is 2.67. The minimum Gasteiger partial charge on any atom is -0.456 e. The Balaban J connectivity index is 1.61.